The van der Waals surface area contributed by atoms with Crippen LogP contribution in [0.15, 0.2) is 6.33 Å². The van der Waals surface area contributed by atoms with Crippen molar-refractivity contribution in [3.63, 3.8) is 0 Å². The molecular formula is C17H24N6O4. The lowest BCUT2D eigenvalue weighted by Crippen LogP contribution is -2.60. The van der Waals surface area contributed by atoms with Crippen molar-refractivity contribution in [2.75, 3.05) is 39.9 Å². The second kappa shape index (κ2) is 6.84. The minimum absolute atomic E-state index is 0.0317. The molecule has 1 atom stereocenters. The maximum absolute atomic E-state index is 12.7. The number of nitrogens with zero attached hydrogens (tertiary/aromatic N) is 3. The van der Waals surface area contributed by atoms with Crippen LogP contribution in [0.2, 0.25) is 0 Å². The molecule has 0 unspecified atom stereocenters. The van der Waals surface area contributed by atoms with Gasteiger partial charge in [0.05, 0.1) is 17.6 Å². The van der Waals surface area contributed by atoms with Gasteiger partial charge in [-0.05, 0) is 12.8 Å². The molecule has 10 nitrogen and oxygen atoms in total. The summed E-state index contributed by atoms with van der Waals surface area (Å²) in [6.07, 6.45) is 3.63. The van der Waals surface area contributed by atoms with Crippen molar-refractivity contribution in [2.45, 2.75) is 30.8 Å². The maximum Gasteiger partial charge on any atom is 0.315 e. The number of amides is 4. The average Bonchev–Trinajstić information content (AvgIpc) is 3.32. The Morgan fingerprint density at radius 2 is 2.11 bits per heavy atom. The number of carbonyl (C=O) groups is 3. The highest BCUT2D eigenvalue weighted by molar-refractivity contribution is 5.90. The maximum atomic E-state index is 12.7. The fourth-order valence-corrected chi connectivity index (χ4v) is 4.47. The molecule has 2 fully saturated rings. The third-order valence-corrected chi connectivity index (χ3v) is 5.80. The molecule has 3 aliphatic rings. The third kappa shape index (κ3) is 2.93. The van der Waals surface area contributed by atoms with Gasteiger partial charge in [-0.1, -0.05) is 0 Å². The van der Waals surface area contributed by atoms with Gasteiger partial charge < -0.3 is 30.2 Å². The summed E-state index contributed by atoms with van der Waals surface area (Å²) in [4.78, 5) is 48.0. The second-order valence-electron chi connectivity index (χ2n) is 7.22. The van der Waals surface area contributed by atoms with Gasteiger partial charge in [-0.25, -0.2) is 9.78 Å². The van der Waals surface area contributed by atoms with Crippen molar-refractivity contribution in [3.05, 3.63) is 17.7 Å². The van der Waals surface area contributed by atoms with Crippen LogP contribution in [-0.4, -0.2) is 83.6 Å². The summed E-state index contributed by atoms with van der Waals surface area (Å²) in [6.45, 7) is 1.96. The first-order valence-corrected chi connectivity index (χ1v) is 9.20. The van der Waals surface area contributed by atoms with Crippen molar-refractivity contribution < 1.29 is 19.1 Å². The number of aromatic amines is 1. The predicted molar refractivity (Wildman–Crippen MR) is 93.7 cm³/mol. The highest BCUT2D eigenvalue weighted by Gasteiger charge is 2.49. The zero-order valence-corrected chi connectivity index (χ0v) is 15.3. The van der Waals surface area contributed by atoms with Crippen molar-refractivity contribution in [2.24, 2.45) is 0 Å². The largest absolute Gasteiger partial charge is 0.375 e. The van der Waals surface area contributed by atoms with Gasteiger partial charge in [-0.15, -0.1) is 0 Å². The first-order chi connectivity index (χ1) is 13.0. The molecule has 0 aliphatic carbocycles. The molecule has 10 heteroatoms. The van der Waals surface area contributed by atoms with Gasteiger partial charge in [-0.3, -0.25) is 9.59 Å². The highest BCUT2D eigenvalue weighted by Crippen LogP contribution is 2.42. The fraction of sp³-hybridized carbons (Fsp3) is 0.647. The SMILES string of the molecule is COCC(=O)N1CCc2[nH]cnc2C12CCN(C(=O)[C@@H]1CNC(=O)N1)CC2. The number of rotatable bonds is 3. The molecule has 0 saturated carbocycles. The minimum Gasteiger partial charge on any atom is -0.375 e. The van der Waals surface area contributed by atoms with E-state index in [1.54, 1.807) is 11.2 Å². The molecule has 146 valence electrons. The van der Waals surface area contributed by atoms with E-state index < -0.39 is 11.6 Å². The minimum atomic E-state index is -0.523. The Morgan fingerprint density at radius 1 is 1.33 bits per heavy atom. The molecule has 3 N–H and O–H groups in total. The Labute approximate surface area is 156 Å². The number of hydrogen-bond acceptors (Lipinski definition) is 5. The van der Waals surface area contributed by atoms with E-state index in [1.807, 2.05) is 4.90 Å². The van der Waals surface area contributed by atoms with Gasteiger partial charge in [0.2, 0.25) is 11.8 Å². The van der Waals surface area contributed by atoms with E-state index in [0.717, 1.165) is 17.8 Å². The van der Waals surface area contributed by atoms with Gasteiger partial charge in [0.15, 0.2) is 0 Å². The first kappa shape index (κ1) is 17.8. The summed E-state index contributed by atoms with van der Waals surface area (Å²) < 4.78 is 5.07. The van der Waals surface area contributed by atoms with E-state index in [-0.39, 0.29) is 24.5 Å². The lowest BCUT2D eigenvalue weighted by Gasteiger charge is -2.50. The van der Waals surface area contributed by atoms with Crippen LogP contribution in [0.4, 0.5) is 4.79 Å². The van der Waals surface area contributed by atoms with Gasteiger partial charge in [-0.2, -0.15) is 0 Å². The van der Waals surface area contributed by atoms with Crippen LogP contribution in [-0.2, 0) is 26.3 Å². The Balaban J connectivity index is 1.54. The molecule has 27 heavy (non-hydrogen) atoms. The molecule has 0 aromatic carbocycles. The van der Waals surface area contributed by atoms with Crippen LogP contribution in [0.25, 0.3) is 0 Å². The number of hydrogen-bond donors (Lipinski definition) is 3. The van der Waals surface area contributed by atoms with Crippen LogP contribution >= 0.6 is 0 Å². The van der Waals surface area contributed by atoms with Crippen molar-refractivity contribution in [3.8, 4) is 0 Å². The normalized spacial score (nSPS) is 23.7. The number of methoxy groups -OCH3 is 1. The summed E-state index contributed by atoms with van der Waals surface area (Å²) in [6, 6.07) is -0.836. The number of fused-ring (bicyclic) bond motifs is 2. The smallest absolute Gasteiger partial charge is 0.315 e. The molecule has 2 saturated heterocycles. The van der Waals surface area contributed by atoms with Crippen molar-refractivity contribution in [1.29, 1.82) is 0 Å². The second-order valence-corrected chi connectivity index (χ2v) is 7.22. The molecule has 4 rings (SSSR count). The zero-order chi connectivity index (χ0) is 19.0. The molecule has 1 aromatic rings. The number of ether oxygens (including phenoxy) is 1. The molecular weight excluding hydrogens is 352 g/mol. The zero-order valence-electron chi connectivity index (χ0n) is 15.3. The quantitative estimate of drug-likeness (QED) is 0.621. The number of H-pyrrole nitrogens is 1. The van der Waals surface area contributed by atoms with Gasteiger partial charge in [0.1, 0.15) is 12.6 Å². The van der Waals surface area contributed by atoms with Gasteiger partial charge in [0.25, 0.3) is 0 Å². The average molecular weight is 376 g/mol. The van der Waals surface area contributed by atoms with Crippen LogP contribution in [0, 0.1) is 0 Å². The molecule has 1 aromatic heterocycles. The van der Waals surface area contributed by atoms with Crippen LogP contribution in [0.5, 0.6) is 0 Å². The fourth-order valence-electron chi connectivity index (χ4n) is 4.47. The molecule has 0 bridgehead atoms. The van der Waals surface area contributed by atoms with E-state index in [9.17, 15) is 14.4 Å². The Morgan fingerprint density at radius 3 is 2.78 bits per heavy atom. The summed E-state index contributed by atoms with van der Waals surface area (Å²) in [7, 11) is 1.51. The lowest BCUT2D eigenvalue weighted by atomic mass is 9.78. The van der Waals surface area contributed by atoms with E-state index in [1.165, 1.54) is 7.11 Å². The highest BCUT2D eigenvalue weighted by atomic mass is 16.5. The monoisotopic (exact) mass is 376 g/mol. The summed E-state index contributed by atoms with van der Waals surface area (Å²) in [5.41, 5.74) is 1.45. The Hall–Kier alpha value is -2.62. The number of urea groups is 1. The third-order valence-electron chi connectivity index (χ3n) is 5.80. The standard InChI is InChI=1S/C17H24N6O4/c1-27-9-13(24)23-5-2-11-14(20-10-19-11)17(23)3-6-22(7-4-17)15(25)12-8-18-16(26)21-12/h10,12H,2-9H2,1H3,(H,19,20)(H2,18,21,26)/t12-/m0/s1. The van der Waals surface area contributed by atoms with Gasteiger partial charge in [0, 0.05) is 45.4 Å². The Bertz CT molecular complexity index is 754. The number of nitrogens with one attached hydrogen (secondary N) is 3. The predicted octanol–water partition coefficient (Wildman–Crippen LogP) is -1.06. The first-order valence-electron chi connectivity index (χ1n) is 9.20. The van der Waals surface area contributed by atoms with Crippen LogP contribution in [0.1, 0.15) is 24.2 Å². The van der Waals surface area contributed by atoms with Crippen molar-refractivity contribution in [1.82, 2.24) is 30.4 Å². The summed E-state index contributed by atoms with van der Waals surface area (Å²) in [5, 5.41) is 5.25. The van der Waals surface area contributed by atoms with E-state index in [4.69, 9.17) is 4.74 Å². The molecule has 1 spiro atoms. The van der Waals surface area contributed by atoms with Crippen LogP contribution in [0.3, 0.4) is 0 Å². The van der Waals surface area contributed by atoms with E-state index in [2.05, 4.69) is 20.6 Å². The number of likely N-dealkylation sites (tertiary alicyclic amines) is 1. The number of imidazole rings is 1. The Kier molecular flexibility index (Phi) is 4.50. The summed E-state index contributed by atoms with van der Waals surface area (Å²) >= 11 is 0. The van der Waals surface area contributed by atoms with Crippen LogP contribution < -0.4 is 10.6 Å². The van der Waals surface area contributed by atoms with E-state index in [0.29, 0.717) is 39.0 Å². The van der Waals surface area contributed by atoms with E-state index >= 15 is 0 Å². The number of piperidine rings is 1. The molecule has 4 amide bonds. The summed E-state index contributed by atoms with van der Waals surface area (Å²) in [5.74, 6) is -0.144. The number of aromatic nitrogens is 2. The van der Waals surface area contributed by atoms with Gasteiger partial charge >= 0.3 is 6.03 Å². The van der Waals surface area contributed by atoms with Crippen molar-refractivity contribution >= 4 is 17.8 Å². The number of carbonyl (C=O) groups excluding carboxylic acids is 3. The topological polar surface area (TPSA) is 120 Å². The lowest BCUT2D eigenvalue weighted by molar-refractivity contribution is -0.148. The molecule has 4 heterocycles. The molecule has 0 radical (unpaired) electrons. The molecule has 3 aliphatic heterocycles.